The van der Waals surface area contributed by atoms with Gasteiger partial charge in [-0.1, -0.05) is 24.3 Å². The van der Waals surface area contributed by atoms with Crippen molar-refractivity contribution >= 4 is 12.0 Å². The largest absolute Gasteiger partial charge is 0.469 e. The van der Waals surface area contributed by atoms with Crippen LogP contribution in [-0.4, -0.2) is 13.1 Å². The molecule has 0 amide bonds. The number of hydrogen-bond acceptors (Lipinski definition) is 2. The predicted octanol–water partition coefficient (Wildman–Crippen LogP) is 3.42. The molecule has 0 heterocycles. The lowest BCUT2D eigenvalue weighted by atomic mass is 10.1. The van der Waals surface area contributed by atoms with Gasteiger partial charge >= 0.3 is 12.1 Å². The maximum absolute atomic E-state index is 13.2. The van der Waals surface area contributed by atoms with Crippen molar-refractivity contribution < 1.29 is 27.1 Å². The van der Waals surface area contributed by atoms with E-state index in [0.29, 0.717) is 0 Å². The minimum Gasteiger partial charge on any atom is -0.469 e. The third kappa shape index (κ3) is 3.58. The number of benzene rings is 1. The average molecular weight is 262 g/mol. The summed E-state index contributed by atoms with van der Waals surface area (Å²) in [6.45, 7) is 0. The van der Waals surface area contributed by atoms with Gasteiger partial charge in [-0.25, -0.2) is 4.39 Å². The van der Waals surface area contributed by atoms with Gasteiger partial charge in [0.05, 0.1) is 19.1 Å². The molecule has 1 aromatic rings. The number of halogens is 4. The molecule has 1 aromatic carbocycles. The number of methoxy groups -OCH3 is 1. The quantitative estimate of drug-likeness (QED) is 0.616. The number of hydrogen-bond donors (Lipinski definition) is 0. The molecule has 0 aliphatic rings. The fourth-order valence-corrected chi connectivity index (χ4v) is 1.34. The first-order chi connectivity index (χ1) is 8.36. The van der Waals surface area contributed by atoms with Crippen LogP contribution in [0, 0.1) is 5.82 Å². The molecule has 0 aliphatic carbocycles. The van der Waals surface area contributed by atoms with Crippen molar-refractivity contribution in [2.75, 3.05) is 7.11 Å². The molecular formula is C12H10F4O2. The molecule has 0 radical (unpaired) electrons. The maximum Gasteiger partial charge on any atom is 0.419 e. The molecule has 0 spiro atoms. The molecule has 0 unspecified atom stereocenters. The summed E-state index contributed by atoms with van der Waals surface area (Å²) in [7, 11) is 1.17. The van der Waals surface area contributed by atoms with Crippen LogP contribution in [-0.2, 0) is 15.7 Å². The van der Waals surface area contributed by atoms with E-state index in [1.165, 1.54) is 19.3 Å². The molecule has 0 aliphatic heterocycles. The average Bonchev–Trinajstić information content (AvgIpc) is 2.27. The summed E-state index contributed by atoms with van der Waals surface area (Å²) in [5.41, 5.74) is -1.67. The van der Waals surface area contributed by atoms with Crippen molar-refractivity contribution in [2.45, 2.75) is 12.6 Å². The second-order valence-electron chi connectivity index (χ2n) is 3.38. The van der Waals surface area contributed by atoms with Crippen LogP contribution in [0.5, 0.6) is 0 Å². The lowest BCUT2D eigenvalue weighted by Gasteiger charge is -2.10. The van der Waals surface area contributed by atoms with Gasteiger partial charge in [0.1, 0.15) is 5.82 Å². The first-order valence-corrected chi connectivity index (χ1v) is 4.95. The summed E-state index contributed by atoms with van der Waals surface area (Å²) >= 11 is 0. The Morgan fingerprint density at radius 2 is 2.06 bits per heavy atom. The van der Waals surface area contributed by atoms with E-state index in [-0.39, 0.29) is 12.0 Å². The molecule has 2 nitrogen and oxygen atoms in total. The molecule has 18 heavy (non-hydrogen) atoms. The summed E-state index contributed by atoms with van der Waals surface area (Å²) in [6.07, 6.45) is -2.72. The summed E-state index contributed by atoms with van der Waals surface area (Å²) in [4.78, 5) is 10.8. The predicted molar refractivity (Wildman–Crippen MR) is 57.1 cm³/mol. The number of alkyl halides is 3. The van der Waals surface area contributed by atoms with Gasteiger partial charge in [-0.3, -0.25) is 4.79 Å². The van der Waals surface area contributed by atoms with Crippen molar-refractivity contribution in [3.63, 3.8) is 0 Å². The van der Waals surface area contributed by atoms with Gasteiger partial charge in [0.2, 0.25) is 0 Å². The topological polar surface area (TPSA) is 26.3 Å². The molecule has 0 saturated heterocycles. The van der Waals surface area contributed by atoms with Crippen LogP contribution in [0.4, 0.5) is 17.6 Å². The zero-order chi connectivity index (χ0) is 13.8. The molecule has 6 heteroatoms. The monoisotopic (exact) mass is 262 g/mol. The second-order valence-corrected chi connectivity index (χ2v) is 3.38. The first kappa shape index (κ1) is 14.2. The molecule has 0 N–H and O–H groups in total. The minimum atomic E-state index is -4.78. The standard InChI is InChI=1S/C12H10F4O2/c1-18-10(17)7-3-5-8-4-2-6-9(13)11(8)12(14,15)16/h2-6H,7H2,1H3. The van der Waals surface area contributed by atoms with Gasteiger partial charge in [-0.15, -0.1) is 0 Å². The van der Waals surface area contributed by atoms with E-state index < -0.39 is 23.5 Å². The Hall–Kier alpha value is -1.85. The fraction of sp³-hybridized carbons (Fsp3) is 0.250. The van der Waals surface area contributed by atoms with E-state index in [0.717, 1.165) is 18.2 Å². The lowest BCUT2D eigenvalue weighted by molar-refractivity contribution is -0.140. The van der Waals surface area contributed by atoms with Gasteiger partial charge in [0.25, 0.3) is 0 Å². The van der Waals surface area contributed by atoms with Gasteiger partial charge in [-0.05, 0) is 11.6 Å². The number of carbonyl (C=O) groups excluding carboxylic acids is 1. The second kappa shape index (κ2) is 5.66. The Balaban J connectivity index is 3.03. The van der Waals surface area contributed by atoms with Crippen molar-refractivity contribution in [3.05, 3.63) is 41.2 Å². The minimum absolute atomic E-state index is 0.176. The SMILES string of the molecule is COC(=O)CC=Cc1cccc(F)c1C(F)(F)F. The Labute approximate surface area is 101 Å². The van der Waals surface area contributed by atoms with Crippen LogP contribution in [0.25, 0.3) is 6.08 Å². The Kier molecular flexibility index (Phi) is 4.47. The number of carbonyl (C=O) groups is 1. The van der Waals surface area contributed by atoms with Crippen molar-refractivity contribution in [3.8, 4) is 0 Å². The van der Waals surface area contributed by atoms with E-state index in [1.807, 2.05) is 0 Å². The molecule has 0 atom stereocenters. The highest BCUT2D eigenvalue weighted by atomic mass is 19.4. The van der Waals surface area contributed by atoms with Crippen molar-refractivity contribution in [1.82, 2.24) is 0 Å². The normalized spacial score (nSPS) is 11.8. The van der Waals surface area contributed by atoms with Crippen LogP contribution in [0.15, 0.2) is 24.3 Å². The Morgan fingerprint density at radius 3 is 2.61 bits per heavy atom. The van der Waals surface area contributed by atoms with Crippen LogP contribution in [0.2, 0.25) is 0 Å². The van der Waals surface area contributed by atoms with E-state index >= 15 is 0 Å². The van der Waals surface area contributed by atoms with Crippen LogP contribution in [0.3, 0.4) is 0 Å². The zero-order valence-electron chi connectivity index (χ0n) is 9.42. The Bertz CT molecular complexity index is 464. The van der Waals surface area contributed by atoms with Crippen LogP contribution >= 0.6 is 0 Å². The van der Waals surface area contributed by atoms with E-state index in [2.05, 4.69) is 4.74 Å². The molecule has 0 saturated carbocycles. The zero-order valence-corrected chi connectivity index (χ0v) is 9.42. The summed E-state index contributed by atoms with van der Waals surface area (Å²) in [5.74, 6) is -1.93. The van der Waals surface area contributed by atoms with E-state index in [1.54, 1.807) is 0 Å². The van der Waals surface area contributed by atoms with Gasteiger partial charge in [0, 0.05) is 0 Å². The fourth-order valence-electron chi connectivity index (χ4n) is 1.34. The summed E-state index contributed by atoms with van der Waals surface area (Å²) in [6, 6.07) is 3.03. The van der Waals surface area contributed by atoms with Gasteiger partial charge in [0.15, 0.2) is 0 Å². The van der Waals surface area contributed by atoms with Gasteiger partial charge < -0.3 is 4.74 Å². The number of rotatable bonds is 3. The van der Waals surface area contributed by atoms with E-state index in [9.17, 15) is 22.4 Å². The molecule has 0 fully saturated rings. The molecule has 1 rings (SSSR count). The number of esters is 1. The third-order valence-corrected chi connectivity index (χ3v) is 2.14. The third-order valence-electron chi connectivity index (χ3n) is 2.14. The lowest BCUT2D eigenvalue weighted by Crippen LogP contribution is -2.10. The van der Waals surface area contributed by atoms with Crippen molar-refractivity contribution in [1.29, 1.82) is 0 Å². The summed E-state index contributed by atoms with van der Waals surface area (Å²) in [5, 5.41) is 0. The van der Waals surface area contributed by atoms with Gasteiger partial charge in [-0.2, -0.15) is 13.2 Å². The molecule has 0 aromatic heterocycles. The van der Waals surface area contributed by atoms with Crippen LogP contribution < -0.4 is 0 Å². The molecule has 98 valence electrons. The molecule has 0 bridgehead atoms. The number of ether oxygens (including phenoxy) is 1. The summed E-state index contributed by atoms with van der Waals surface area (Å²) < 4.78 is 55.3. The molecular weight excluding hydrogens is 252 g/mol. The highest BCUT2D eigenvalue weighted by molar-refractivity contribution is 5.72. The first-order valence-electron chi connectivity index (χ1n) is 4.95. The highest BCUT2D eigenvalue weighted by Crippen LogP contribution is 2.34. The Morgan fingerprint density at radius 1 is 1.39 bits per heavy atom. The van der Waals surface area contributed by atoms with Crippen molar-refractivity contribution in [2.24, 2.45) is 0 Å². The van der Waals surface area contributed by atoms with E-state index in [4.69, 9.17) is 0 Å². The van der Waals surface area contributed by atoms with Crippen LogP contribution in [0.1, 0.15) is 17.5 Å². The smallest absolute Gasteiger partial charge is 0.419 e. The maximum atomic E-state index is 13.2. The highest BCUT2D eigenvalue weighted by Gasteiger charge is 2.35.